The summed E-state index contributed by atoms with van der Waals surface area (Å²) in [6.45, 7) is 0.170. The number of hydrogen-bond donors (Lipinski definition) is 1. The van der Waals surface area contributed by atoms with E-state index < -0.39 is 10.0 Å². The summed E-state index contributed by atoms with van der Waals surface area (Å²) < 4.78 is 34.2. The summed E-state index contributed by atoms with van der Waals surface area (Å²) in [4.78, 5) is 0.0986. The number of sulfonamides is 1. The maximum atomic E-state index is 12.3. The van der Waals surface area contributed by atoms with E-state index in [2.05, 4.69) is 20.0 Å². The van der Waals surface area contributed by atoms with E-state index in [-0.39, 0.29) is 18.0 Å². The first-order valence-electron chi connectivity index (χ1n) is 8.69. The zero-order valence-corrected chi connectivity index (χ0v) is 16.6. The Morgan fingerprint density at radius 2 is 1.83 bits per heavy atom. The third-order valence-corrected chi connectivity index (χ3v) is 5.71. The van der Waals surface area contributed by atoms with Crippen molar-refractivity contribution in [3.8, 4) is 17.3 Å². The van der Waals surface area contributed by atoms with Crippen molar-refractivity contribution in [2.24, 2.45) is 0 Å². The highest BCUT2D eigenvalue weighted by molar-refractivity contribution is 7.89. The fourth-order valence-corrected chi connectivity index (χ4v) is 3.98. The number of hydrogen-bond acceptors (Lipinski definition) is 6. The number of aromatic nitrogens is 4. The van der Waals surface area contributed by atoms with Gasteiger partial charge in [0.05, 0.1) is 4.90 Å². The molecule has 0 aliphatic heterocycles. The Morgan fingerprint density at radius 1 is 1.00 bits per heavy atom. The van der Waals surface area contributed by atoms with Gasteiger partial charge < -0.3 is 4.74 Å². The van der Waals surface area contributed by atoms with E-state index in [0.717, 1.165) is 5.56 Å². The molecule has 0 aliphatic carbocycles. The number of rotatable bonds is 7. The van der Waals surface area contributed by atoms with Gasteiger partial charge in [-0.25, -0.2) is 13.1 Å². The lowest BCUT2D eigenvalue weighted by Crippen LogP contribution is -2.28. The van der Waals surface area contributed by atoms with Crippen LogP contribution in [0.4, 0.5) is 0 Å². The molecule has 0 fully saturated rings. The smallest absolute Gasteiger partial charge is 0.240 e. The second-order valence-corrected chi connectivity index (χ2v) is 8.24. The first-order chi connectivity index (χ1) is 14.0. The molecule has 2 aromatic carbocycles. The fraction of sp³-hybridized carbons (Fsp3) is 0.105. The van der Waals surface area contributed by atoms with Gasteiger partial charge in [0, 0.05) is 23.2 Å². The van der Waals surface area contributed by atoms with Gasteiger partial charge in [-0.05, 0) is 24.3 Å². The number of benzene rings is 2. The van der Waals surface area contributed by atoms with Crippen LogP contribution in [0.2, 0.25) is 5.02 Å². The van der Waals surface area contributed by atoms with Crippen LogP contribution >= 0.6 is 11.6 Å². The van der Waals surface area contributed by atoms with Gasteiger partial charge in [-0.2, -0.15) is 4.52 Å². The Balaban J connectivity index is 1.42. The molecule has 0 atom stereocenters. The molecule has 148 valence electrons. The molecule has 0 aliphatic rings. The zero-order chi connectivity index (χ0) is 20.3. The van der Waals surface area contributed by atoms with Crippen LogP contribution < -0.4 is 9.46 Å². The quantitative estimate of drug-likeness (QED) is 0.453. The van der Waals surface area contributed by atoms with Gasteiger partial charge in [0.15, 0.2) is 11.5 Å². The second-order valence-electron chi connectivity index (χ2n) is 6.03. The monoisotopic (exact) mass is 429 g/mol. The highest BCUT2D eigenvalue weighted by Crippen LogP contribution is 2.18. The molecule has 0 saturated carbocycles. The highest BCUT2D eigenvalue weighted by atomic mass is 35.5. The number of halogens is 1. The largest absolute Gasteiger partial charge is 0.475 e. The molecule has 2 aromatic heterocycles. The van der Waals surface area contributed by atoms with Crippen molar-refractivity contribution in [3.63, 3.8) is 0 Å². The van der Waals surface area contributed by atoms with Gasteiger partial charge in [-0.15, -0.1) is 15.3 Å². The Bertz CT molecular complexity index is 1250. The number of fused-ring (bicyclic) bond motifs is 1. The molecule has 1 N–H and O–H groups in total. The average molecular weight is 430 g/mol. The minimum atomic E-state index is -3.67. The molecule has 29 heavy (non-hydrogen) atoms. The predicted molar refractivity (Wildman–Crippen MR) is 108 cm³/mol. The lowest BCUT2D eigenvalue weighted by molar-refractivity contribution is 0.306. The lowest BCUT2D eigenvalue weighted by atomic mass is 10.2. The Morgan fingerprint density at radius 3 is 2.62 bits per heavy atom. The van der Waals surface area contributed by atoms with Crippen LogP contribution in [0.5, 0.6) is 5.88 Å². The Labute approximate surface area is 172 Å². The van der Waals surface area contributed by atoms with Gasteiger partial charge in [0.1, 0.15) is 6.61 Å². The normalized spacial score (nSPS) is 11.6. The molecule has 0 bridgehead atoms. The first-order valence-corrected chi connectivity index (χ1v) is 10.5. The third-order valence-electron chi connectivity index (χ3n) is 4.02. The van der Waals surface area contributed by atoms with Crippen molar-refractivity contribution in [1.82, 2.24) is 24.5 Å². The molecule has 0 unspecified atom stereocenters. The van der Waals surface area contributed by atoms with Crippen molar-refractivity contribution >= 4 is 27.3 Å². The van der Waals surface area contributed by atoms with Crippen molar-refractivity contribution in [1.29, 1.82) is 0 Å². The van der Waals surface area contributed by atoms with Crippen molar-refractivity contribution in [2.45, 2.75) is 4.90 Å². The van der Waals surface area contributed by atoms with E-state index in [9.17, 15) is 8.42 Å². The van der Waals surface area contributed by atoms with Crippen molar-refractivity contribution < 1.29 is 13.2 Å². The van der Waals surface area contributed by atoms with Crippen LogP contribution in [-0.4, -0.2) is 41.4 Å². The topological polar surface area (TPSA) is 98.5 Å². The minimum absolute atomic E-state index is 0.0717. The molecular formula is C19H16ClN5O3S. The molecule has 10 heteroatoms. The van der Waals surface area contributed by atoms with Crippen molar-refractivity contribution in [2.75, 3.05) is 13.2 Å². The number of nitrogens with zero attached hydrogens (tertiary/aromatic N) is 4. The lowest BCUT2D eigenvalue weighted by Gasteiger charge is -2.08. The SMILES string of the molecule is O=S(=O)(NCCOc1ccc2nnc(-c3ccccc3)n2n1)c1cccc(Cl)c1. The molecule has 8 nitrogen and oxygen atoms in total. The van der Waals surface area contributed by atoms with E-state index >= 15 is 0 Å². The van der Waals surface area contributed by atoms with Crippen LogP contribution in [-0.2, 0) is 10.0 Å². The summed E-state index contributed by atoms with van der Waals surface area (Å²) in [7, 11) is -3.67. The van der Waals surface area contributed by atoms with Gasteiger partial charge in [0.2, 0.25) is 15.9 Å². The van der Waals surface area contributed by atoms with E-state index in [1.165, 1.54) is 12.1 Å². The minimum Gasteiger partial charge on any atom is -0.475 e. The van der Waals surface area contributed by atoms with Crippen LogP contribution in [0.25, 0.3) is 17.0 Å². The van der Waals surface area contributed by atoms with E-state index in [1.807, 2.05) is 30.3 Å². The summed E-state index contributed by atoms with van der Waals surface area (Å²) >= 11 is 5.85. The van der Waals surface area contributed by atoms with Gasteiger partial charge in [-0.3, -0.25) is 0 Å². The van der Waals surface area contributed by atoms with Crippen LogP contribution in [0.1, 0.15) is 0 Å². The van der Waals surface area contributed by atoms with E-state index in [1.54, 1.807) is 28.8 Å². The van der Waals surface area contributed by atoms with Crippen LogP contribution in [0.3, 0.4) is 0 Å². The average Bonchev–Trinajstić information content (AvgIpc) is 3.15. The van der Waals surface area contributed by atoms with Gasteiger partial charge in [0.25, 0.3) is 0 Å². The molecule has 4 aromatic rings. The fourth-order valence-electron chi connectivity index (χ4n) is 2.67. The molecule has 4 rings (SSSR count). The number of nitrogens with one attached hydrogen (secondary N) is 1. The van der Waals surface area contributed by atoms with Crippen LogP contribution in [0.15, 0.2) is 71.6 Å². The Kier molecular flexibility index (Phi) is 5.43. The maximum absolute atomic E-state index is 12.3. The standard InChI is InChI=1S/C19H16ClN5O3S/c20-15-7-4-8-16(13-15)29(26,27)21-11-12-28-18-10-9-17-22-23-19(25(17)24-18)14-5-2-1-3-6-14/h1-10,13,21H,11-12H2. The molecule has 0 saturated heterocycles. The second kappa shape index (κ2) is 8.16. The van der Waals surface area contributed by atoms with Gasteiger partial charge >= 0.3 is 0 Å². The van der Waals surface area contributed by atoms with E-state index in [4.69, 9.17) is 16.3 Å². The summed E-state index contributed by atoms with van der Waals surface area (Å²) in [6.07, 6.45) is 0. The molecule has 0 spiro atoms. The molecule has 2 heterocycles. The van der Waals surface area contributed by atoms with Crippen molar-refractivity contribution in [3.05, 3.63) is 71.8 Å². The third kappa shape index (κ3) is 4.37. The van der Waals surface area contributed by atoms with Crippen LogP contribution in [0, 0.1) is 0 Å². The summed E-state index contributed by atoms with van der Waals surface area (Å²) in [6, 6.07) is 19.0. The Hall–Kier alpha value is -3.01. The predicted octanol–water partition coefficient (Wildman–Crippen LogP) is 2.80. The van der Waals surface area contributed by atoms with Gasteiger partial charge in [-0.1, -0.05) is 48.0 Å². The zero-order valence-electron chi connectivity index (χ0n) is 15.1. The summed E-state index contributed by atoms with van der Waals surface area (Å²) in [5.41, 5.74) is 1.46. The molecule has 0 radical (unpaired) electrons. The number of ether oxygens (including phenoxy) is 1. The first kappa shape index (κ1) is 19.3. The molecule has 0 amide bonds. The summed E-state index contributed by atoms with van der Waals surface area (Å²) in [5, 5.41) is 13.0. The van der Waals surface area contributed by atoms with E-state index in [0.29, 0.717) is 22.4 Å². The highest BCUT2D eigenvalue weighted by Gasteiger charge is 2.14. The molecular weight excluding hydrogens is 414 g/mol. The maximum Gasteiger partial charge on any atom is 0.240 e. The summed E-state index contributed by atoms with van der Waals surface area (Å²) in [5.74, 6) is 0.921.